The fourth-order valence-electron chi connectivity index (χ4n) is 2.91. The lowest BCUT2D eigenvalue weighted by molar-refractivity contribution is -0.120. The Labute approximate surface area is 176 Å². The molecule has 0 spiro atoms. The quantitative estimate of drug-likeness (QED) is 0.606. The maximum atomic E-state index is 13.2. The van der Waals surface area contributed by atoms with Crippen LogP contribution in [0.1, 0.15) is 18.5 Å². The molecule has 0 aliphatic carbocycles. The fourth-order valence-corrected chi connectivity index (χ4v) is 4.55. The molecule has 0 aliphatic heterocycles. The van der Waals surface area contributed by atoms with Gasteiger partial charge in [0.15, 0.2) is 0 Å². The summed E-state index contributed by atoms with van der Waals surface area (Å²) in [4.78, 5) is 12.8. The van der Waals surface area contributed by atoms with Crippen molar-refractivity contribution in [3.8, 4) is 0 Å². The van der Waals surface area contributed by atoms with Crippen molar-refractivity contribution in [2.45, 2.75) is 17.9 Å². The molecule has 0 heterocycles. The molecule has 3 aromatic carbocycles. The number of rotatable bonds is 7. The number of amides is 1. The summed E-state index contributed by atoms with van der Waals surface area (Å²) in [5.41, 5.74) is 1.25. The highest BCUT2D eigenvalue weighted by atomic mass is 35.5. The van der Waals surface area contributed by atoms with E-state index in [1.807, 2.05) is 13.0 Å². The van der Waals surface area contributed by atoms with Crippen molar-refractivity contribution in [3.05, 3.63) is 95.5 Å². The summed E-state index contributed by atoms with van der Waals surface area (Å²) in [5.74, 6) is -0.416. The van der Waals surface area contributed by atoms with Crippen LogP contribution in [0.4, 0.5) is 5.69 Å². The van der Waals surface area contributed by atoms with Crippen LogP contribution in [0.5, 0.6) is 0 Å². The first kappa shape index (κ1) is 20.9. The van der Waals surface area contributed by atoms with E-state index in [0.29, 0.717) is 10.7 Å². The first-order valence-corrected chi connectivity index (χ1v) is 10.9. The molecule has 0 fully saturated rings. The standard InChI is InChI=1S/C22H21ClN2O3S/c1-17(18-9-8-10-19(23)15-18)24-22(26)16-25(20-11-4-2-5-12-20)29(27,28)21-13-6-3-7-14-21/h2-15,17H,16H2,1H3,(H,24,26). The van der Waals surface area contributed by atoms with Crippen LogP contribution in [0, 0.1) is 0 Å². The summed E-state index contributed by atoms with van der Waals surface area (Å²) in [6.45, 7) is 1.48. The Kier molecular flexibility index (Phi) is 6.56. The molecule has 0 saturated heterocycles. The Bertz CT molecular complexity index is 1070. The van der Waals surface area contributed by atoms with Crippen molar-refractivity contribution in [3.63, 3.8) is 0 Å². The number of halogens is 1. The molecular formula is C22H21ClN2O3S. The highest BCUT2D eigenvalue weighted by Gasteiger charge is 2.27. The number of nitrogens with one attached hydrogen (secondary N) is 1. The zero-order valence-electron chi connectivity index (χ0n) is 15.8. The van der Waals surface area contributed by atoms with Gasteiger partial charge in [-0.3, -0.25) is 9.10 Å². The van der Waals surface area contributed by atoms with Gasteiger partial charge in [-0.2, -0.15) is 0 Å². The third-order valence-corrected chi connectivity index (χ3v) is 6.41. The number of hydrogen-bond acceptors (Lipinski definition) is 3. The molecule has 0 aromatic heterocycles. The molecule has 5 nitrogen and oxygen atoms in total. The number of anilines is 1. The third-order valence-electron chi connectivity index (χ3n) is 4.39. The van der Waals surface area contributed by atoms with Gasteiger partial charge in [-0.05, 0) is 48.9 Å². The average molecular weight is 429 g/mol. The van der Waals surface area contributed by atoms with E-state index in [0.717, 1.165) is 9.87 Å². The summed E-state index contributed by atoms with van der Waals surface area (Å²) >= 11 is 6.02. The number of nitrogens with zero attached hydrogens (tertiary/aromatic N) is 1. The maximum absolute atomic E-state index is 13.2. The largest absolute Gasteiger partial charge is 0.348 e. The highest BCUT2D eigenvalue weighted by Crippen LogP contribution is 2.23. The molecular weight excluding hydrogens is 408 g/mol. The van der Waals surface area contributed by atoms with Crippen LogP contribution in [0.25, 0.3) is 0 Å². The molecule has 1 unspecified atom stereocenters. The number of benzene rings is 3. The molecule has 1 amide bonds. The lowest BCUT2D eigenvalue weighted by atomic mass is 10.1. The van der Waals surface area contributed by atoms with E-state index in [4.69, 9.17) is 11.6 Å². The van der Waals surface area contributed by atoms with E-state index in [2.05, 4.69) is 5.32 Å². The van der Waals surface area contributed by atoms with Crippen LogP contribution >= 0.6 is 11.6 Å². The third kappa shape index (κ3) is 5.16. The SMILES string of the molecule is CC(NC(=O)CN(c1ccccc1)S(=O)(=O)c1ccccc1)c1cccc(Cl)c1. The van der Waals surface area contributed by atoms with Crippen molar-refractivity contribution in [2.24, 2.45) is 0 Å². The number of carbonyl (C=O) groups excluding carboxylic acids is 1. The second-order valence-electron chi connectivity index (χ2n) is 6.50. The normalized spacial score (nSPS) is 12.2. The van der Waals surface area contributed by atoms with Gasteiger partial charge in [-0.25, -0.2) is 8.42 Å². The zero-order valence-corrected chi connectivity index (χ0v) is 17.4. The van der Waals surface area contributed by atoms with Gasteiger partial charge in [-0.15, -0.1) is 0 Å². The van der Waals surface area contributed by atoms with Crippen molar-refractivity contribution in [1.82, 2.24) is 5.32 Å². The first-order chi connectivity index (χ1) is 13.9. The van der Waals surface area contributed by atoms with Crippen molar-refractivity contribution in [2.75, 3.05) is 10.8 Å². The topological polar surface area (TPSA) is 66.5 Å². The minimum absolute atomic E-state index is 0.125. The zero-order chi connectivity index (χ0) is 20.9. The highest BCUT2D eigenvalue weighted by molar-refractivity contribution is 7.92. The fraction of sp³-hybridized carbons (Fsp3) is 0.136. The minimum Gasteiger partial charge on any atom is -0.348 e. The summed E-state index contributed by atoms with van der Waals surface area (Å²) in [7, 11) is -3.90. The molecule has 3 rings (SSSR count). The molecule has 7 heteroatoms. The van der Waals surface area contributed by atoms with E-state index < -0.39 is 15.9 Å². The van der Waals surface area contributed by atoms with Crippen molar-refractivity contribution in [1.29, 1.82) is 0 Å². The molecule has 0 radical (unpaired) electrons. The Hall–Kier alpha value is -2.83. The lowest BCUT2D eigenvalue weighted by Crippen LogP contribution is -2.41. The molecule has 1 atom stereocenters. The summed E-state index contributed by atoms with van der Waals surface area (Å²) in [6.07, 6.45) is 0. The predicted molar refractivity (Wildman–Crippen MR) is 115 cm³/mol. The van der Waals surface area contributed by atoms with Gasteiger partial charge >= 0.3 is 0 Å². The van der Waals surface area contributed by atoms with Gasteiger partial charge in [0.25, 0.3) is 10.0 Å². The molecule has 0 saturated carbocycles. The summed E-state index contributed by atoms with van der Waals surface area (Å²) in [5, 5.41) is 3.41. The number of carbonyl (C=O) groups is 1. The molecule has 1 N–H and O–H groups in total. The van der Waals surface area contributed by atoms with Crippen molar-refractivity contribution < 1.29 is 13.2 Å². The molecule has 150 valence electrons. The molecule has 3 aromatic rings. The molecule has 0 bridgehead atoms. The first-order valence-electron chi connectivity index (χ1n) is 9.05. The van der Waals surface area contributed by atoms with E-state index in [1.54, 1.807) is 66.7 Å². The Morgan fingerprint density at radius 3 is 2.21 bits per heavy atom. The number of hydrogen-bond donors (Lipinski definition) is 1. The van der Waals surface area contributed by atoms with Gasteiger partial charge in [0.05, 0.1) is 16.6 Å². The monoisotopic (exact) mass is 428 g/mol. The lowest BCUT2D eigenvalue weighted by Gasteiger charge is -2.25. The van der Waals surface area contributed by atoms with Crippen LogP contribution in [-0.4, -0.2) is 20.9 Å². The second-order valence-corrected chi connectivity index (χ2v) is 8.80. The average Bonchev–Trinajstić information content (AvgIpc) is 2.73. The predicted octanol–water partition coefficient (Wildman–Crippen LogP) is 4.41. The van der Waals surface area contributed by atoms with Gasteiger partial charge in [0.1, 0.15) is 6.54 Å². The van der Waals surface area contributed by atoms with Gasteiger partial charge < -0.3 is 5.32 Å². The minimum atomic E-state index is -3.90. The van der Waals surface area contributed by atoms with E-state index in [-0.39, 0.29) is 17.5 Å². The Morgan fingerprint density at radius 2 is 1.59 bits per heavy atom. The maximum Gasteiger partial charge on any atom is 0.264 e. The van der Waals surface area contributed by atoms with Crippen LogP contribution in [-0.2, 0) is 14.8 Å². The molecule has 0 aliphatic rings. The van der Waals surface area contributed by atoms with E-state index >= 15 is 0 Å². The van der Waals surface area contributed by atoms with E-state index in [1.165, 1.54) is 12.1 Å². The number of sulfonamides is 1. The van der Waals surface area contributed by atoms with Crippen molar-refractivity contribution >= 4 is 33.2 Å². The smallest absolute Gasteiger partial charge is 0.264 e. The Balaban J connectivity index is 1.85. The number of para-hydroxylation sites is 1. The van der Waals surface area contributed by atoms with Crippen LogP contribution in [0.3, 0.4) is 0 Å². The van der Waals surface area contributed by atoms with Gasteiger partial charge in [0, 0.05) is 5.02 Å². The second kappa shape index (κ2) is 9.11. The summed E-state index contributed by atoms with van der Waals surface area (Å²) in [6, 6.07) is 23.5. The van der Waals surface area contributed by atoms with Gasteiger partial charge in [0.2, 0.25) is 5.91 Å². The molecule has 29 heavy (non-hydrogen) atoms. The van der Waals surface area contributed by atoms with Crippen LogP contribution in [0.15, 0.2) is 89.8 Å². The van der Waals surface area contributed by atoms with Gasteiger partial charge in [-0.1, -0.05) is 60.1 Å². The van der Waals surface area contributed by atoms with Crippen LogP contribution in [0.2, 0.25) is 5.02 Å². The van der Waals surface area contributed by atoms with Crippen LogP contribution < -0.4 is 9.62 Å². The Morgan fingerprint density at radius 1 is 0.966 bits per heavy atom. The van der Waals surface area contributed by atoms with E-state index in [9.17, 15) is 13.2 Å². The summed E-state index contributed by atoms with van der Waals surface area (Å²) < 4.78 is 27.5.